The van der Waals surface area contributed by atoms with Gasteiger partial charge in [-0.25, -0.2) is 4.79 Å². The molecule has 4 heteroatoms. The zero-order valence-electron chi connectivity index (χ0n) is 10.1. The third-order valence-corrected chi connectivity index (χ3v) is 3.96. The molecule has 1 aliphatic heterocycles. The molecule has 3 rings (SSSR count). The van der Waals surface area contributed by atoms with Crippen LogP contribution in [0.4, 0.5) is 15.5 Å². The third kappa shape index (κ3) is 1.88. The van der Waals surface area contributed by atoms with Gasteiger partial charge in [0.1, 0.15) is 0 Å². The number of para-hydroxylation sites is 1. The lowest BCUT2D eigenvalue weighted by molar-refractivity contribution is 0.256. The Hall–Kier alpha value is -1.81. The summed E-state index contributed by atoms with van der Waals surface area (Å²) in [7, 11) is 0. The number of thiophene rings is 1. The molecule has 0 fully saturated rings. The normalized spacial score (nSPS) is 17.6. The molecule has 2 amide bonds. The number of fused-ring (bicyclic) bond motifs is 1. The summed E-state index contributed by atoms with van der Waals surface area (Å²) >= 11 is 1.53. The predicted octanol–water partition coefficient (Wildman–Crippen LogP) is 3.73. The molecule has 0 radical (unpaired) electrons. The SMILES string of the molecule is CC1Cc2ccccc2N1C(=O)Nc1cccs1. The van der Waals surface area contributed by atoms with Crippen LogP contribution in [0.2, 0.25) is 0 Å². The largest absolute Gasteiger partial charge is 0.327 e. The van der Waals surface area contributed by atoms with E-state index in [2.05, 4.69) is 18.3 Å². The first-order chi connectivity index (χ1) is 8.75. The van der Waals surface area contributed by atoms with Crippen LogP contribution in [0.25, 0.3) is 0 Å². The Morgan fingerprint density at radius 3 is 2.94 bits per heavy atom. The van der Waals surface area contributed by atoms with E-state index in [4.69, 9.17) is 0 Å². The fourth-order valence-electron chi connectivity index (χ4n) is 2.39. The highest BCUT2D eigenvalue weighted by atomic mass is 32.1. The standard InChI is InChI=1S/C14H14N2OS/c1-10-9-11-5-2-3-6-12(11)16(10)14(17)15-13-7-4-8-18-13/h2-8,10H,9H2,1H3,(H,15,17). The Morgan fingerprint density at radius 2 is 2.17 bits per heavy atom. The molecule has 0 spiro atoms. The van der Waals surface area contributed by atoms with Crippen molar-refractivity contribution in [2.45, 2.75) is 19.4 Å². The number of nitrogens with one attached hydrogen (secondary N) is 1. The van der Waals surface area contributed by atoms with Crippen molar-refractivity contribution in [2.75, 3.05) is 10.2 Å². The number of anilines is 2. The topological polar surface area (TPSA) is 32.3 Å². The van der Waals surface area contributed by atoms with Crippen molar-refractivity contribution in [2.24, 2.45) is 0 Å². The zero-order chi connectivity index (χ0) is 12.5. The van der Waals surface area contributed by atoms with E-state index in [9.17, 15) is 4.79 Å². The average molecular weight is 258 g/mol. The van der Waals surface area contributed by atoms with E-state index >= 15 is 0 Å². The summed E-state index contributed by atoms with van der Waals surface area (Å²) in [6.45, 7) is 2.08. The molecular formula is C14H14N2OS. The first-order valence-corrected chi connectivity index (χ1v) is 6.85. The molecule has 2 heterocycles. The van der Waals surface area contributed by atoms with Gasteiger partial charge in [-0.1, -0.05) is 18.2 Å². The molecule has 1 aliphatic rings. The second-order valence-corrected chi connectivity index (χ2v) is 5.41. The Labute approximate surface area is 110 Å². The van der Waals surface area contributed by atoms with Crippen LogP contribution in [0, 0.1) is 0 Å². The quantitative estimate of drug-likeness (QED) is 0.830. The van der Waals surface area contributed by atoms with Gasteiger partial charge in [0.15, 0.2) is 0 Å². The van der Waals surface area contributed by atoms with Gasteiger partial charge < -0.3 is 0 Å². The van der Waals surface area contributed by atoms with Gasteiger partial charge in [0.25, 0.3) is 0 Å². The number of carbonyl (C=O) groups excluding carboxylic acids is 1. The lowest BCUT2D eigenvalue weighted by Crippen LogP contribution is -2.38. The van der Waals surface area contributed by atoms with Gasteiger partial charge >= 0.3 is 6.03 Å². The Balaban J connectivity index is 1.86. The highest BCUT2D eigenvalue weighted by molar-refractivity contribution is 7.14. The Morgan fingerprint density at radius 1 is 1.33 bits per heavy atom. The molecule has 3 nitrogen and oxygen atoms in total. The maximum absolute atomic E-state index is 12.3. The average Bonchev–Trinajstić information content (AvgIpc) is 2.94. The summed E-state index contributed by atoms with van der Waals surface area (Å²) in [6, 6.07) is 12.1. The molecule has 1 N–H and O–H groups in total. The summed E-state index contributed by atoms with van der Waals surface area (Å²) in [5.74, 6) is 0. The van der Waals surface area contributed by atoms with Gasteiger partial charge in [-0.15, -0.1) is 11.3 Å². The fraction of sp³-hybridized carbons (Fsp3) is 0.214. The van der Waals surface area contributed by atoms with Crippen LogP contribution in [0.1, 0.15) is 12.5 Å². The smallest absolute Gasteiger partial charge is 0.299 e. The second kappa shape index (κ2) is 4.46. The molecule has 92 valence electrons. The number of amides is 2. The number of hydrogen-bond donors (Lipinski definition) is 1. The van der Waals surface area contributed by atoms with Crippen LogP contribution in [0.3, 0.4) is 0 Å². The first kappa shape index (κ1) is 11.3. The number of hydrogen-bond acceptors (Lipinski definition) is 2. The van der Waals surface area contributed by atoms with E-state index in [1.807, 2.05) is 40.6 Å². The summed E-state index contributed by atoms with van der Waals surface area (Å²) in [5.41, 5.74) is 2.27. The van der Waals surface area contributed by atoms with E-state index in [-0.39, 0.29) is 12.1 Å². The summed E-state index contributed by atoms with van der Waals surface area (Å²) in [6.07, 6.45) is 0.925. The van der Waals surface area contributed by atoms with Crippen molar-refractivity contribution in [3.63, 3.8) is 0 Å². The molecule has 2 aromatic rings. The van der Waals surface area contributed by atoms with Gasteiger partial charge in [0.2, 0.25) is 0 Å². The Bertz CT molecular complexity index is 565. The highest BCUT2D eigenvalue weighted by Gasteiger charge is 2.30. The van der Waals surface area contributed by atoms with Crippen LogP contribution < -0.4 is 10.2 Å². The zero-order valence-corrected chi connectivity index (χ0v) is 10.9. The molecule has 1 unspecified atom stereocenters. The van der Waals surface area contributed by atoms with Gasteiger partial charge in [-0.05, 0) is 42.5 Å². The van der Waals surface area contributed by atoms with Gasteiger partial charge in [-0.3, -0.25) is 10.2 Å². The minimum Gasteiger partial charge on any atom is -0.299 e. The van der Waals surface area contributed by atoms with Gasteiger partial charge in [0.05, 0.1) is 5.00 Å². The highest BCUT2D eigenvalue weighted by Crippen LogP contribution is 2.32. The number of nitrogens with zero attached hydrogens (tertiary/aromatic N) is 1. The van der Waals surface area contributed by atoms with E-state index in [1.165, 1.54) is 16.9 Å². The summed E-state index contributed by atoms with van der Waals surface area (Å²) in [5, 5.41) is 5.78. The molecule has 1 aromatic heterocycles. The molecule has 18 heavy (non-hydrogen) atoms. The van der Waals surface area contributed by atoms with E-state index in [0.29, 0.717) is 0 Å². The minimum absolute atomic E-state index is 0.0464. The van der Waals surface area contributed by atoms with Crippen molar-refractivity contribution in [3.8, 4) is 0 Å². The number of benzene rings is 1. The fourth-order valence-corrected chi connectivity index (χ4v) is 3.00. The van der Waals surface area contributed by atoms with Crippen LogP contribution in [-0.2, 0) is 6.42 Å². The van der Waals surface area contributed by atoms with Crippen LogP contribution in [-0.4, -0.2) is 12.1 Å². The van der Waals surface area contributed by atoms with Crippen molar-refractivity contribution in [1.29, 1.82) is 0 Å². The van der Waals surface area contributed by atoms with Crippen LogP contribution in [0.5, 0.6) is 0 Å². The van der Waals surface area contributed by atoms with Crippen molar-refractivity contribution >= 4 is 28.1 Å². The first-order valence-electron chi connectivity index (χ1n) is 5.97. The summed E-state index contributed by atoms with van der Waals surface area (Å²) < 4.78 is 0. The maximum atomic E-state index is 12.3. The molecule has 1 aromatic carbocycles. The van der Waals surface area contributed by atoms with Gasteiger partial charge in [0, 0.05) is 11.7 Å². The monoisotopic (exact) mass is 258 g/mol. The molecule has 0 saturated heterocycles. The Kier molecular flexibility index (Phi) is 2.80. The summed E-state index contributed by atoms with van der Waals surface area (Å²) in [4.78, 5) is 14.1. The maximum Gasteiger partial charge on any atom is 0.327 e. The van der Waals surface area contributed by atoms with Gasteiger partial charge in [-0.2, -0.15) is 0 Å². The number of carbonyl (C=O) groups is 1. The van der Waals surface area contributed by atoms with Crippen LogP contribution in [0.15, 0.2) is 41.8 Å². The molecule has 0 saturated carbocycles. The van der Waals surface area contributed by atoms with Crippen LogP contribution >= 0.6 is 11.3 Å². The lowest BCUT2D eigenvalue weighted by atomic mass is 10.1. The van der Waals surface area contributed by atoms with Crippen molar-refractivity contribution in [1.82, 2.24) is 0 Å². The molecule has 0 bridgehead atoms. The molecule has 0 aliphatic carbocycles. The van der Waals surface area contributed by atoms with Crippen molar-refractivity contribution < 1.29 is 4.79 Å². The van der Waals surface area contributed by atoms with E-state index in [0.717, 1.165) is 17.1 Å². The molecular weight excluding hydrogens is 244 g/mol. The lowest BCUT2D eigenvalue weighted by Gasteiger charge is -2.22. The third-order valence-electron chi connectivity index (χ3n) is 3.18. The predicted molar refractivity (Wildman–Crippen MR) is 75.4 cm³/mol. The van der Waals surface area contributed by atoms with E-state index < -0.39 is 0 Å². The van der Waals surface area contributed by atoms with E-state index in [1.54, 1.807) is 0 Å². The number of rotatable bonds is 1. The minimum atomic E-state index is -0.0464. The van der Waals surface area contributed by atoms with Crippen molar-refractivity contribution in [3.05, 3.63) is 47.3 Å². The molecule has 1 atom stereocenters. The second-order valence-electron chi connectivity index (χ2n) is 4.46. The number of urea groups is 1.